The fraction of sp³-hybridized carbons (Fsp3) is 0.750. The van der Waals surface area contributed by atoms with Crippen molar-refractivity contribution in [2.24, 2.45) is 0 Å². The Morgan fingerprint density at radius 2 is 2.00 bits per heavy atom. The molecule has 3 N–H and O–H groups in total. The van der Waals surface area contributed by atoms with Crippen molar-refractivity contribution in [3.8, 4) is 0 Å². The fourth-order valence-corrected chi connectivity index (χ4v) is 0.924. The van der Waals surface area contributed by atoms with Gasteiger partial charge in [0.1, 0.15) is 6.04 Å². The van der Waals surface area contributed by atoms with Gasteiger partial charge in [0.15, 0.2) is 0 Å². The number of carbonyl (C=O) groups is 2. The first-order chi connectivity index (χ1) is 6.57. The Hall–Kier alpha value is -1.17. The summed E-state index contributed by atoms with van der Waals surface area (Å²) in [7, 11) is 0. The van der Waals surface area contributed by atoms with Crippen molar-refractivity contribution in [1.82, 2.24) is 5.32 Å². The Morgan fingerprint density at radius 1 is 1.36 bits per heavy atom. The van der Waals surface area contributed by atoms with E-state index in [1.807, 2.05) is 0 Å². The van der Waals surface area contributed by atoms with Crippen LogP contribution in [-0.4, -0.2) is 41.4 Å². The Morgan fingerprint density at radius 3 is 2.43 bits per heavy atom. The molecule has 0 spiro atoms. The summed E-state index contributed by atoms with van der Waals surface area (Å²) < 4.78 is 11.7. The van der Waals surface area contributed by atoms with E-state index in [1.54, 1.807) is 0 Å². The number of carboxylic acid groups (broad SMARTS) is 2. The van der Waals surface area contributed by atoms with E-state index in [9.17, 15) is 14.0 Å². The molecule has 0 aliphatic heterocycles. The van der Waals surface area contributed by atoms with Crippen LogP contribution < -0.4 is 5.32 Å². The summed E-state index contributed by atoms with van der Waals surface area (Å²) in [6, 6.07) is -0.905. The van der Waals surface area contributed by atoms with Crippen LogP contribution in [0.5, 0.6) is 0 Å². The average Bonchev–Trinajstić information content (AvgIpc) is 2.10. The summed E-state index contributed by atoms with van der Waals surface area (Å²) in [6.45, 7) is -0.272. The Kier molecular flexibility index (Phi) is 6.65. The van der Waals surface area contributed by atoms with Crippen LogP contribution in [0.25, 0.3) is 0 Å². The minimum atomic E-state index is -1.11. The van der Waals surface area contributed by atoms with Crippen LogP contribution in [-0.2, 0) is 9.59 Å². The summed E-state index contributed by atoms with van der Waals surface area (Å²) in [6.07, 6.45) is 0.0351. The quantitative estimate of drug-likeness (QED) is 0.497. The summed E-state index contributed by atoms with van der Waals surface area (Å²) in [5.74, 6) is -2.14. The third-order valence-corrected chi connectivity index (χ3v) is 1.65. The minimum absolute atomic E-state index is 0.0109. The van der Waals surface area contributed by atoms with Crippen molar-refractivity contribution in [3.63, 3.8) is 0 Å². The van der Waals surface area contributed by atoms with Crippen LogP contribution in [0.3, 0.4) is 0 Å². The van der Waals surface area contributed by atoms with E-state index in [0.717, 1.165) is 0 Å². The molecule has 14 heavy (non-hydrogen) atoms. The van der Waals surface area contributed by atoms with Crippen LogP contribution in [0.2, 0.25) is 0 Å². The molecule has 0 fully saturated rings. The molecule has 0 rings (SSSR count). The second kappa shape index (κ2) is 7.25. The molecule has 1 atom stereocenters. The van der Waals surface area contributed by atoms with Crippen molar-refractivity contribution < 1.29 is 24.2 Å². The summed E-state index contributed by atoms with van der Waals surface area (Å²) in [4.78, 5) is 20.7. The molecule has 0 saturated heterocycles. The molecule has 6 heteroatoms. The van der Waals surface area contributed by atoms with E-state index in [4.69, 9.17) is 10.2 Å². The normalized spacial score (nSPS) is 12.4. The number of alkyl halides is 1. The van der Waals surface area contributed by atoms with Crippen molar-refractivity contribution in [2.75, 3.05) is 13.2 Å². The molecule has 5 nitrogen and oxygen atoms in total. The highest BCUT2D eigenvalue weighted by atomic mass is 19.1. The highest BCUT2D eigenvalue weighted by Gasteiger charge is 2.17. The first kappa shape index (κ1) is 12.8. The Balaban J connectivity index is 3.78. The van der Waals surface area contributed by atoms with E-state index in [2.05, 4.69) is 5.32 Å². The standard InChI is InChI=1S/C8H14FNO4/c9-4-1-5-10-6(8(13)14)2-3-7(11)12/h6,10H,1-5H2,(H,11,12)(H,13,14). The monoisotopic (exact) mass is 207 g/mol. The second-order valence-electron chi connectivity index (χ2n) is 2.82. The lowest BCUT2D eigenvalue weighted by Gasteiger charge is -2.12. The van der Waals surface area contributed by atoms with Gasteiger partial charge in [-0.1, -0.05) is 0 Å². The topological polar surface area (TPSA) is 86.6 Å². The van der Waals surface area contributed by atoms with Gasteiger partial charge in [-0.15, -0.1) is 0 Å². The van der Waals surface area contributed by atoms with Crippen LogP contribution in [0, 0.1) is 0 Å². The minimum Gasteiger partial charge on any atom is -0.481 e. The highest BCUT2D eigenvalue weighted by Crippen LogP contribution is 1.98. The van der Waals surface area contributed by atoms with E-state index in [1.165, 1.54) is 0 Å². The smallest absolute Gasteiger partial charge is 0.320 e. The molecular formula is C8H14FNO4. The lowest BCUT2D eigenvalue weighted by molar-refractivity contribution is -0.140. The molecule has 1 unspecified atom stereocenters. The van der Waals surface area contributed by atoms with Gasteiger partial charge in [0, 0.05) is 6.42 Å². The molecule has 0 heterocycles. The van der Waals surface area contributed by atoms with Gasteiger partial charge in [-0.05, 0) is 19.4 Å². The first-order valence-corrected chi connectivity index (χ1v) is 4.32. The molecule has 82 valence electrons. The number of rotatable bonds is 8. The van der Waals surface area contributed by atoms with Crippen molar-refractivity contribution >= 4 is 11.9 Å². The number of hydrogen-bond acceptors (Lipinski definition) is 3. The third-order valence-electron chi connectivity index (χ3n) is 1.65. The van der Waals surface area contributed by atoms with Crippen LogP contribution in [0.4, 0.5) is 4.39 Å². The van der Waals surface area contributed by atoms with Gasteiger partial charge in [0.2, 0.25) is 0 Å². The maximum Gasteiger partial charge on any atom is 0.320 e. The lowest BCUT2D eigenvalue weighted by atomic mass is 10.1. The number of halogens is 1. The van der Waals surface area contributed by atoms with Crippen molar-refractivity contribution in [3.05, 3.63) is 0 Å². The Bertz CT molecular complexity index is 198. The number of carboxylic acids is 2. The maximum absolute atomic E-state index is 11.7. The van der Waals surface area contributed by atoms with Crippen LogP contribution in [0.15, 0.2) is 0 Å². The highest BCUT2D eigenvalue weighted by molar-refractivity contribution is 5.75. The molecule has 0 radical (unpaired) electrons. The van der Waals surface area contributed by atoms with E-state index in [-0.39, 0.29) is 25.8 Å². The summed E-state index contributed by atoms with van der Waals surface area (Å²) >= 11 is 0. The zero-order valence-corrected chi connectivity index (χ0v) is 7.70. The number of nitrogens with one attached hydrogen (secondary N) is 1. The fourth-order valence-electron chi connectivity index (χ4n) is 0.924. The molecule has 0 amide bonds. The number of hydrogen-bond donors (Lipinski definition) is 3. The zero-order chi connectivity index (χ0) is 11.0. The van der Waals surface area contributed by atoms with Crippen LogP contribution in [0.1, 0.15) is 19.3 Å². The van der Waals surface area contributed by atoms with Gasteiger partial charge < -0.3 is 15.5 Å². The molecule has 0 aliphatic carbocycles. The molecule has 0 aliphatic rings. The summed E-state index contributed by atoms with van der Waals surface area (Å²) in [5.41, 5.74) is 0. The predicted octanol–water partition coefficient (Wildman–Crippen LogP) is 0.254. The molecular weight excluding hydrogens is 193 g/mol. The first-order valence-electron chi connectivity index (χ1n) is 4.32. The molecule has 0 aromatic heterocycles. The SMILES string of the molecule is O=C(O)CCC(NCCCF)C(=O)O. The van der Waals surface area contributed by atoms with Crippen LogP contribution >= 0.6 is 0 Å². The van der Waals surface area contributed by atoms with Gasteiger partial charge in [0.05, 0.1) is 6.67 Å². The van der Waals surface area contributed by atoms with E-state index < -0.39 is 24.7 Å². The average molecular weight is 207 g/mol. The third kappa shape index (κ3) is 6.36. The second-order valence-corrected chi connectivity index (χ2v) is 2.82. The molecule has 0 saturated carbocycles. The van der Waals surface area contributed by atoms with Gasteiger partial charge >= 0.3 is 11.9 Å². The van der Waals surface area contributed by atoms with Gasteiger partial charge in [0.25, 0.3) is 0 Å². The lowest BCUT2D eigenvalue weighted by Crippen LogP contribution is -2.37. The molecule has 0 bridgehead atoms. The van der Waals surface area contributed by atoms with Crippen molar-refractivity contribution in [1.29, 1.82) is 0 Å². The summed E-state index contributed by atoms with van der Waals surface area (Å²) in [5, 5.41) is 19.5. The van der Waals surface area contributed by atoms with Crippen molar-refractivity contribution in [2.45, 2.75) is 25.3 Å². The maximum atomic E-state index is 11.7. The molecule has 0 aromatic carbocycles. The van der Waals surface area contributed by atoms with Gasteiger partial charge in [-0.2, -0.15) is 0 Å². The molecule has 0 aromatic rings. The van der Waals surface area contributed by atoms with Gasteiger partial charge in [-0.25, -0.2) is 0 Å². The number of aliphatic carboxylic acids is 2. The zero-order valence-electron chi connectivity index (χ0n) is 7.70. The Labute approximate surface area is 80.9 Å². The predicted molar refractivity (Wildman–Crippen MR) is 46.9 cm³/mol. The van der Waals surface area contributed by atoms with E-state index in [0.29, 0.717) is 0 Å². The largest absolute Gasteiger partial charge is 0.481 e. The van der Waals surface area contributed by atoms with Gasteiger partial charge in [-0.3, -0.25) is 14.0 Å². The van der Waals surface area contributed by atoms with E-state index >= 15 is 0 Å².